The van der Waals surface area contributed by atoms with Gasteiger partial charge >= 0.3 is 0 Å². The molecule has 0 aromatic heterocycles. The average Bonchev–Trinajstić information content (AvgIpc) is 3.10. The third kappa shape index (κ3) is 2.43. The summed E-state index contributed by atoms with van der Waals surface area (Å²) >= 11 is 0. The van der Waals surface area contributed by atoms with Gasteiger partial charge in [-0.1, -0.05) is 6.08 Å². The normalized spacial score (nSPS) is 31.4. The Bertz CT molecular complexity index is 784. The van der Waals surface area contributed by atoms with Gasteiger partial charge in [-0.25, -0.2) is 0 Å². The Morgan fingerprint density at radius 2 is 1.96 bits per heavy atom. The number of amides is 1. The van der Waals surface area contributed by atoms with E-state index in [9.17, 15) is 4.79 Å². The van der Waals surface area contributed by atoms with E-state index in [1.807, 2.05) is 30.9 Å². The lowest BCUT2D eigenvalue weighted by Gasteiger charge is -2.25. The highest BCUT2D eigenvalue weighted by Crippen LogP contribution is 2.41. The van der Waals surface area contributed by atoms with E-state index in [4.69, 9.17) is 18.9 Å². The molecule has 1 amide bonds. The standard InChI is InChI=1S/C19H21NO5/c1-19(2)24-14-4-3-11-5-6-20(18(21)17(14)25-19)9-12-7-15-16(8-13(11)12)23-10-22-15/h3,7-8,14,17H,4-6,9-10H2,1-2H3/b11-3+/t14-,17+/m1/s1. The van der Waals surface area contributed by atoms with Gasteiger partial charge in [-0.05, 0) is 55.5 Å². The molecule has 0 unspecified atom stereocenters. The Morgan fingerprint density at radius 3 is 2.80 bits per heavy atom. The molecule has 2 bridgehead atoms. The summed E-state index contributed by atoms with van der Waals surface area (Å²) < 4.78 is 23.0. The number of hydrogen-bond acceptors (Lipinski definition) is 5. The number of fused-ring (bicyclic) bond motifs is 7. The third-order valence-corrected chi connectivity index (χ3v) is 5.29. The zero-order valence-electron chi connectivity index (χ0n) is 14.4. The van der Waals surface area contributed by atoms with Gasteiger partial charge in [0.1, 0.15) is 0 Å². The van der Waals surface area contributed by atoms with Gasteiger partial charge in [0.25, 0.3) is 5.91 Å². The molecule has 0 radical (unpaired) electrons. The minimum atomic E-state index is -0.729. The molecular weight excluding hydrogens is 322 g/mol. The van der Waals surface area contributed by atoms with Crippen molar-refractivity contribution in [2.24, 2.45) is 0 Å². The highest BCUT2D eigenvalue weighted by molar-refractivity contribution is 5.84. The van der Waals surface area contributed by atoms with E-state index < -0.39 is 11.9 Å². The van der Waals surface area contributed by atoms with Crippen molar-refractivity contribution in [2.75, 3.05) is 13.3 Å². The Balaban J connectivity index is 1.60. The molecule has 4 aliphatic rings. The first kappa shape index (κ1) is 15.2. The Kier molecular flexibility index (Phi) is 3.18. The Hall–Kier alpha value is -2.05. The van der Waals surface area contributed by atoms with Crippen LogP contribution in [0.4, 0.5) is 0 Å². The number of carbonyl (C=O) groups is 1. The molecule has 6 nitrogen and oxygen atoms in total. The van der Waals surface area contributed by atoms with Crippen molar-refractivity contribution in [1.82, 2.24) is 4.90 Å². The van der Waals surface area contributed by atoms with Crippen molar-refractivity contribution in [3.05, 3.63) is 29.3 Å². The van der Waals surface area contributed by atoms with Crippen LogP contribution in [0.25, 0.3) is 5.57 Å². The van der Waals surface area contributed by atoms with Crippen LogP contribution in [0.2, 0.25) is 0 Å². The quantitative estimate of drug-likeness (QED) is 0.724. The van der Waals surface area contributed by atoms with E-state index in [0.29, 0.717) is 19.5 Å². The summed E-state index contributed by atoms with van der Waals surface area (Å²) in [5.74, 6) is 0.814. The second-order valence-electron chi connectivity index (χ2n) is 7.43. The van der Waals surface area contributed by atoms with E-state index in [0.717, 1.165) is 29.0 Å². The Labute approximate surface area is 146 Å². The van der Waals surface area contributed by atoms with Gasteiger partial charge in [-0.15, -0.1) is 0 Å². The van der Waals surface area contributed by atoms with Crippen molar-refractivity contribution >= 4 is 11.5 Å². The monoisotopic (exact) mass is 343 g/mol. The molecule has 25 heavy (non-hydrogen) atoms. The van der Waals surface area contributed by atoms with Crippen LogP contribution in [0.1, 0.15) is 37.8 Å². The molecule has 1 aromatic rings. The highest BCUT2D eigenvalue weighted by Gasteiger charge is 2.47. The first-order chi connectivity index (χ1) is 12.0. The number of hydrogen-bond donors (Lipinski definition) is 0. The number of benzene rings is 1. The van der Waals surface area contributed by atoms with Crippen LogP contribution in [0.5, 0.6) is 11.5 Å². The predicted molar refractivity (Wildman–Crippen MR) is 89.0 cm³/mol. The topological polar surface area (TPSA) is 57.2 Å². The fraction of sp³-hybridized carbons (Fsp3) is 0.526. The fourth-order valence-corrected chi connectivity index (χ4v) is 4.14. The van der Waals surface area contributed by atoms with E-state index in [1.54, 1.807) is 0 Å². The first-order valence-corrected chi connectivity index (χ1v) is 8.76. The van der Waals surface area contributed by atoms with Crippen LogP contribution < -0.4 is 9.47 Å². The van der Waals surface area contributed by atoms with Gasteiger partial charge in [0.15, 0.2) is 23.4 Å². The van der Waals surface area contributed by atoms with Crippen LogP contribution in [0, 0.1) is 0 Å². The second kappa shape index (κ2) is 5.22. The van der Waals surface area contributed by atoms with Crippen molar-refractivity contribution in [1.29, 1.82) is 0 Å². The number of nitrogens with zero attached hydrogens (tertiary/aromatic N) is 1. The van der Waals surface area contributed by atoms with Gasteiger partial charge in [0.05, 0.1) is 6.10 Å². The molecular formula is C19H21NO5. The lowest BCUT2D eigenvalue weighted by molar-refractivity contribution is -0.161. The van der Waals surface area contributed by atoms with E-state index >= 15 is 0 Å². The summed E-state index contributed by atoms with van der Waals surface area (Å²) in [5, 5.41) is 0. The molecule has 1 saturated heterocycles. The summed E-state index contributed by atoms with van der Waals surface area (Å²) in [4.78, 5) is 15.0. The number of carbonyl (C=O) groups excluding carboxylic acids is 1. The molecule has 6 heteroatoms. The lowest BCUT2D eigenvalue weighted by atomic mass is 9.95. The minimum Gasteiger partial charge on any atom is -0.454 e. The minimum absolute atomic E-state index is 0.00995. The van der Waals surface area contributed by atoms with E-state index in [-0.39, 0.29) is 18.8 Å². The fourth-order valence-electron chi connectivity index (χ4n) is 4.14. The number of rotatable bonds is 0. The predicted octanol–water partition coefficient (Wildman–Crippen LogP) is 2.45. The van der Waals surface area contributed by atoms with Gasteiger partial charge < -0.3 is 23.8 Å². The SMILES string of the molecule is CC1(C)O[C@@H]2C(=O)N3CC/C(=C\C[C@H]2O1)c1cc2c(cc1C3)OCO2. The summed E-state index contributed by atoms with van der Waals surface area (Å²) in [5.41, 5.74) is 3.48. The number of ether oxygens (including phenoxy) is 4. The zero-order valence-corrected chi connectivity index (χ0v) is 14.4. The molecule has 0 saturated carbocycles. The second-order valence-corrected chi connectivity index (χ2v) is 7.43. The maximum absolute atomic E-state index is 13.1. The van der Waals surface area contributed by atoms with Crippen LogP contribution in [0.3, 0.4) is 0 Å². The molecule has 0 N–H and O–H groups in total. The molecule has 2 atom stereocenters. The molecule has 5 rings (SSSR count). The average molecular weight is 343 g/mol. The van der Waals surface area contributed by atoms with Gasteiger partial charge in [0.2, 0.25) is 6.79 Å². The van der Waals surface area contributed by atoms with Crippen LogP contribution in [0.15, 0.2) is 18.2 Å². The Morgan fingerprint density at radius 1 is 1.16 bits per heavy atom. The van der Waals surface area contributed by atoms with Gasteiger partial charge in [-0.3, -0.25) is 4.79 Å². The van der Waals surface area contributed by atoms with Crippen LogP contribution in [-0.4, -0.2) is 42.1 Å². The van der Waals surface area contributed by atoms with E-state index in [2.05, 4.69) is 6.08 Å². The van der Waals surface area contributed by atoms with Crippen molar-refractivity contribution < 1.29 is 23.7 Å². The summed E-state index contributed by atoms with van der Waals surface area (Å²) in [6.07, 6.45) is 2.90. The van der Waals surface area contributed by atoms with E-state index in [1.165, 1.54) is 5.57 Å². The van der Waals surface area contributed by atoms with Gasteiger partial charge in [-0.2, -0.15) is 0 Å². The summed E-state index contributed by atoms with van der Waals surface area (Å²) in [6, 6.07) is 4.05. The maximum Gasteiger partial charge on any atom is 0.254 e. The summed E-state index contributed by atoms with van der Waals surface area (Å²) in [6.45, 7) is 5.21. The summed E-state index contributed by atoms with van der Waals surface area (Å²) in [7, 11) is 0. The largest absolute Gasteiger partial charge is 0.454 e. The van der Waals surface area contributed by atoms with Crippen LogP contribution in [-0.2, 0) is 20.8 Å². The van der Waals surface area contributed by atoms with Gasteiger partial charge in [0, 0.05) is 13.1 Å². The molecule has 1 aromatic carbocycles. The molecule has 4 heterocycles. The van der Waals surface area contributed by atoms with Crippen LogP contribution >= 0.6 is 0 Å². The molecule has 0 aliphatic carbocycles. The molecule has 1 fully saturated rings. The molecule has 0 spiro atoms. The molecule has 132 valence electrons. The van der Waals surface area contributed by atoms with Crippen molar-refractivity contribution in [3.63, 3.8) is 0 Å². The molecule has 4 aliphatic heterocycles. The zero-order chi connectivity index (χ0) is 17.2. The van der Waals surface area contributed by atoms with Crippen molar-refractivity contribution in [2.45, 2.75) is 51.2 Å². The first-order valence-electron chi connectivity index (χ1n) is 8.76. The smallest absolute Gasteiger partial charge is 0.254 e. The third-order valence-electron chi connectivity index (χ3n) is 5.29. The highest BCUT2D eigenvalue weighted by atomic mass is 16.8. The maximum atomic E-state index is 13.1. The lowest BCUT2D eigenvalue weighted by Crippen LogP contribution is -2.43. The van der Waals surface area contributed by atoms with Crippen molar-refractivity contribution in [3.8, 4) is 11.5 Å².